The Morgan fingerprint density at radius 3 is 3.16 bits per heavy atom. The van der Waals surface area contributed by atoms with E-state index in [1.165, 1.54) is 0 Å². The van der Waals surface area contributed by atoms with Crippen LogP contribution in [-0.2, 0) is 6.42 Å². The fraction of sp³-hybridized carbons (Fsp3) is 0.533. The lowest BCUT2D eigenvalue weighted by atomic mass is 9.98. The van der Waals surface area contributed by atoms with Crippen LogP contribution in [0.25, 0.3) is 0 Å². The van der Waals surface area contributed by atoms with Gasteiger partial charge in [0.2, 0.25) is 0 Å². The molecule has 1 amide bonds. The van der Waals surface area contributed by atoms with Gasteiger partial charge >= 0.3 is 0 Å². The molecule has 2 heterocycles. The van der Waals surface area contributed by atoms with Crippen molar-refractivity contribution in [2.75, 3.05) is 19.7 Å². The third-order valence-electron chi connectivity index (χ3n) is 4.37. The zero-order valence-electron chi connectivity index (χ0n) is 11.3. The number of benzene rings is 1. The minimum Gasteiger partial charge on any atom is -0.493 e. The number of nitrogens with zero attached hydrogens (tertiary/aromatic N) is 1. The quantitative estimate of drug-likeness (QED) is 0.878. The summed E-state index contributed by atoms with van der Waals surface area (Å²) in [5, 5.41) is 0. The Labute approximate surface area is 113 Å². The molecule has 0 radical (unpaired) electrons. The third-order valence-corrected chi connectivity index (χ3v) is 4.37. The first kappa shape index (κ1) is 12.5. The van der Waals surface area contributed by atoms with Crippen molar-refractivity contribution in [2.24, 2.45) is 5.73 Å². The van der Waals surface area contributed by atoms with Gasteiger partial charge in [-0.3, -0.25) is 4.79 Å². The highest BCUT2D eigenvalue weighted by Gasteiger charge is 2.38. The first-order valence-corrected chi connectivity index (χ1v) is 6.92. The van der Waals surface area contributed by atoms with Crippen molar-refractivity contribution in [3.8, 4) is 5.75 Å². The van der Waals surface area contributed by atoms with Gasteiger partial charge in [0.15, 0.2) is 0 Å². The monoisotopic (exact) mass is 260 g/mol. The number of rotatable bonds is 2. The molecule has 0 aliphatic carbocycles. The van der Waals surface area contributed by atoms with E-state index >= 15 is 0 Å². The van der Waals surface area contributed by atoms with Crippen molar-refractivity contribution < 1.29 is 9.53 Å². The topological polar surface area (TPSA) is 55.6 Å². The first-order valence-electron chi connectivity index (χ1n) is 6.92. The number of likely N-dealkylation sites (tertiary alicyclic amines) is 1. The number of fused-ring (bicyclic) bond motifs is 1. The van der Waals surface area contributed by atoms with E-state index in [9.17, 15) is 4.79 Å². The molecule has 1 saturated heterocycles. The lowest BCUT2D eigenvalue weighted by Gasteiger charge is -2.34. The van der Waals surface area contributed by atoms with Crippen LogP contribution in [0.4, 0.5) is 0 Å². The van der Waals surface area contributed by atoms with Crippen LogP contribution < -0.4 is 10.5 Å². The molecule has 102 valence electrons. The molecule has 1 aromatic rings. The second-order valence-electron chi connectivity index (χ2n) is 5.68. The van der Waals surface area contributed by atoms with Gasteiger partial charge in [0.05, 0.1) is 12.1 Å². The van der Waals surface area contributed by atoms with E-state index in [1.54, 1.807) is 0 Å². The molecular weight excluding hydrogens is 240 g/mol. The van der Waals surface area contributed by atoms with Crippen LogP contribution in [0, 0.1) is 0 Å². The van der Waals surface area contributed by atoms with Crippen molar-refractivity contribution in [2.45, 2.75) is 31.7 Å². The zero-order valence-corrected chi connectivity index (χ0v) is 11.3. The Bertz CT molecular complexity index is 515. The lowest BCUT2D eigenvalue weighted by Crippen LogP contribution is -2.50. The van der Waals surface area contributed by atoms with Gasteiger partial charge in [-0.1, -0.05) is 0 Å². The summed E-state index contributed by atoms with van der Waals surface area (Å²) in [6, 6.07) is 5.74. The molecule has 2 aliphatic heterocycles. The van der Waals surface area contributed by atoms with Crippen LogP contribution in [0.5, 0.6) is 5.75 Å². The molecule has 4 nitrogen and oxygen atoms in total. The molecule has 0 spiro atoms. The van der Waals surface area contributed by atoms with E-state index in [0.717, 1.165) is 49.3 Å². The van der Waals surface area contributed by atoms with Crippen molar-refractivity contribution in [3.63, 3.8) is 0 Å². The molecule has 0 bridgehead atoms. The van der Waals surface area contributed by atoms with E-state index in [-0.39, 0.29) is 11.4 Å². The molecule has 2 aliphatic rings. The number of hydrogen-bond acceptors (Lipinski definition) is 3. The maximum absolute atomic E-state index is 12.7. The molecule has 0 saturated carbocycles. The Hall–Kier alpha value is -1.55. The van der Waals surface area contributed by atoms with Crippen LogP contribution in [0.1, 0.15) is 35.7 Å². The normalized spacial score (nSPS) is 25.3. The van der Waals surface area contributed by atoms with Gasteiger partial charge in [-0.15, -0.1) is 0 Å². The van der Waals surface area contributed by atoms with Crippen molar-refractivity contribution in [1.82, 2.24) is 4.90 Å². The minimum atomic E-state index is -0.188. The van der Waals surface area contributed by atoms with E-state index < -0.39 is 0 Å². The highest BCUT2D eigenvalue weighted by Crippen LogP contribution is 2.31. The Morgan fingerprint density at radius 2 is 2.37 bits per heavy atom. The smallest absolute Gasteiger partial charge is 0.254 e. The lowest BCUT2D eigenvalue weighted by molar-refractivity contribution is 0.0637. The summed E-state index contributed by atoms with van der Waals surface area (Å²) in [6.07, 6.45) is 2.92. The standard InChI is InChI=1S/C15H20N2O2/c1-15(10-16)6-2-7-17(15)14(18)12-3-4-13-11(9-12)5-8-19-13/h3-4,9H,2,5-8,10,16H2,1H3. The summed E-state index contributed by atoms with van der Waals surface area (Å²) in [7, 11) is 0. The van der Waals surface area contributed by atoms with Gasteiger partial charge in [-0.2, -0.15) is 0 Å². The van der Waals surface area contributed by atoms with Gasteiger partial charge in [-0.25, -0.2) is 0 Å². The summed E-state index contributed by atoms with van der Waals surface area (Å²) in [6.45, 7) is 4.12. The summed E-state index contributed by atoms with van der Waals surface area (Å²) < 4.78 is 5.48. The van der Waals surface area contributed by atoms with E-state index in [1.807, 2.05) is 23.1 Å². The largest absolute Gasteiger partial charge is 0.493 e. The molecule has 0 aromatic heterocycles. The number of nitrogens with two attached hydrogens (primary N) is 1. The van der Waals surface area contributed by atoms with Gasteiger partial charge in [-0.05, 0) is 43.5 Å². The van der Waals surface area contributed by atoms with Crippen molar-refractivity contribution >= 4 is 5.91 Å². The van der Waals surface area contributed by atoms with Crippen LogP contribution in [0.3, 0.4) is 0 Å². The molecule has 1 aromatic carbocycles. The molecule has 1 atom stereocenters. The summed E-state index contributed by atoms with van der Waals surface area (Å²) in [4.78, 5) is 14.6. The molecule has 3 rings (SSSR count). The van der Waals surface area contributed by atoms with Crippen molar-refractivity contribution in [3.05, 3.63) is 29.3 Å². The van der Waals surface area contributed by atoms with Gasteiger partial charge in [0, 0.05) is 25.1 Å². The molecule has 19 heavy (non-hydrogen) atoms. The maximum Gasteiger partial charge on any atom is 0.254 e. The minimum absolute atomic E-state index is 0.0974. The number of carbonyl (C=O) groups is 1. The SMILES string of the molecule is CC1(CN)CCCN1C(=O)c1ccc2c(c1)CCO2. The summed E-state index contributed by atoms with van der Waals surface area (Å²) in [5.41, 5.74) is 7.56. The highest BCUT2D eigenvalue weighted by atomic mass is 16.5. The molecule has 1 unspecified atom stereocenters. The van der Waals surface area contributed by atoms with Gasteiger partial charge in [0.25, 0.3) is 5.91 Å². The predicted octanol–water partition coefficient (Wildman–Crippen LogP) is 1.57. The first-order chi connectivity index (χ1) is 9.14. The van der Waals surface area contributed by atoms with Gasteiger partial charge < -0.3 is 15.4 Å². The fourth-order valence-corrected chi connectivity index (χ4v) is 3.06. The van der Waals surface area contributed by atoms with Crippen molar-refractivity contribution in [1.29, 1.82) is 0 Å². The Balaban J connectivity index is 1.88. The predicted molar refractivity (Wildman–Crippen MR) is 73.4 cm³/mol. The summed E-state index contributed by atoms with van der Waals surface area (Å²) in [5.74, 6) is 1.01. The highest BCUT2D eigenvalue weighted by molar-refractivity contribution is 5.95. The van der Waals surface area contributed by atoms with Crippen LogP contribution in [0.15, 0.2) is 18.2 Å². The second-order valence-corrected chi connectivity index (χ2v) is 5.68. The average molecular weight is 260 g/mol. The maximum atomic E-state index is 12.7. The molecule has 1 fully saturated rings. The van der Waals surface area contributed by atoms with E-state index in [4.69, 9.17) is 10.5 Å². The number of amides is 1. The Kier molecular flexibility index (Phi) is 2.97. The average Bonchev–Trinajstić information content (AvgIpc) is 3.03. The fourth-order valence-electron chi connectivity index (χ4n) is 3.06. The van der Waals surface area contributed by atoms with Gasteiger partial charge in [0.1, 0.15) is 5.75 Å². The Morgan fingerprint density at radius 1 is 1.53 bits per heavy atom. The molecule has 4 heteroatoms. The number of hydrogen-bond donors (Lipinski definition) is 1. The zero-order chi connectivity index (χ0) is 13.5. The van der Waals surface area contributed by atoms with E-state index in [0.29, 0.717) is 6.54 Å². The van der Waals surface area contributed by atoms with E-state index in [2.05, 4.69) is 6.92 Å². The van der Waals surface area contributed by atoms with Crippen LogP contribution in [-0.4, -0.2) is 36.0 Å². The molecular formula is C15H20N2O2. The number of ether oxygens (including phenoxy) is 1. The summed E-state index contributed by atoms with van der Waals surface area (Å²) >= 11 is 0. The van der Waals surface area contributed by atoms with Crippen LogP contribution >= 0.6 is 0 Å². The molecule has 2 N–H and O–H groups in total. The number of carbonyl (C=O) groups excluding carboxylic acids is 1. The van der Waals surface area contributed by atoms with Crippen LogP contribution in [0.2, 0.25) is 0 Å². The third kappa shape index (κ3) is 2.00. The second kappa shape index (κ2) is 4.53.